The maximum absolute atomic E-state index is 10.4. The standard InChI is InChI=1S/C15H13NO2/c1-11-2-8-14(16-10-11)13-6-3-12(4-7-13)5-9-15(17)18/h2-10H,1H3,(H,17,18)/b9-5+. The van der Waals surface area contributed by atoms with Crippen LogP contribution in [0.15, 0.2) is 48.7 Å². The second-order valence-corrected chi connectivity index (χ2v) is 4.01. The van der Waals surface area contributed by atoms with Gasteiger partial charge in [-0.3, -0.25) is 4.98 Å². The van der Waals surface area contributed by atoms with Crippen molar-refractivity contribution in [3.05, 3.63) is 59.8 Å². The van der Waals surface area contributed by atoms with Crippen LogP contribution < -0.4 is 0 Å². The average molecular weight is 239 g/mol. The van der Waals surface area contributed by atoms with Crippen LogP contribution in [0.5, 0.6) is 0 Å². The zero-order chi connectivity index (χ0) is 13.0. The summed E-state index contributed by atoms with van der Waals surface area (Å²) in [5.41, 5.74) is 3.91. The number of carboxylic acid groups (broad SMARTS) is 1. The summed E-state index contributed by atoms with van der Waals surface area (Å²) >= 11 is 0. The van der Waals surface area contributed by atoms with E-state index in [2.05, 4.69) is 4.98 Å². The number of pyridine rings is 1. The van der Waals surface area contributed by atoms with Crippen LogP contribution in [0.1, 0.15) is 11.1 Å². The van der Waals surface area contributed by atoms with E-state index in [1.807, 2.05) is 49.5 Å². The number of carbonyl (C=O) groups is 1. The second-order valence-electron chi connectivity index (χ2n) is 4.01. The van der Waals surface area contributed by atoms with E-state index in [0.717, 1.165) is 28.5 Å². The van der Waals surface area contributed by atoms with Crippen molar-refractivity contribution in [1.29, 1.82) is 0 Å². The van der Waals surface area contributed by atoms with Gasteiger partial charge in [0.25, 0.3) is 0 Å². The first kappa shape index (κ1) is 12.0. The Morgan fingerprint density at radius 2 is 1.89 bits per heavy atom. The Bertz CT molecular complexity index is 568. The van der Waals surface area contributed by atoms with Crippen molar-refractivity contribution in [3.8, 4) is 11.3 Å². The van der Waals surface area contributed by atoms with Gasteiger partial charge in [0.05, 0.1) is 5.69 Å². The van der Waals surface area contributed by atoms with E-state index >= 15 is 0 Å². The van der Waals surface area contributed by atoms with E-state index in [4.69, 9.17) is 5.11 Å². The van der Waals surface area contributed by atoms with Crippen molar-refractivity contribution in [3.63, 3.8) is 0 Å². The van der Waals surface area contributed by atoms with Gasteiger partial charge >= 0.3 is 5.97 Å². The topological polar surface area (TPSA) is 50.2 Å². The molecule has 3 heteroatoms. The highest BCUT2D eigenvalue weighted by Gasteiger charge is 1.98. The summed E-state index contributed by atoms with van der Waals surface area (Å²) < 4.78 is 0. The molecule has 2 rings (SSSR count). The minimum absolute atomic E-state index is 0.855. The zero-order valence-electron chi connectivity index (χ0n) is 10.00. The van der Waals surface area contributed by atoms with Gasteiger partial charge in [0.2, 0.25) is 0 Å². The van der Waals surface area contributed by atoms with Crippen LogP contribution in [-0.4, -0.2) is 16.1 Å². The molecule has 1 N–H and O–H groups in total. The lowest BCUT2D eigenvalue weighted by atomic mass is 10.1. The van der Waals surface area contributed by atoms with Gasteiger partial charge in [-0.25, -0.2) is 4.79 Å². The molecule has 90 valence electrons. The molecule has 0 aliphatic carbocycles. The number of rotatable bonds is 3. The molecule has 0 bridgehead atoms. The SMILES string of the molecule is Cc1ccc(-c2ccc(/C=C/C(=O)O)cc2)nc1. The smallest absolute Gasteiger partial charge is 0.328 e. The molecule has 0 aliphatic rings. The van der Waals surface area contributed by atoms with Crippen molar-refractivity contribution < 1.29 is 9.90 Å². The van der Waals surface area contributed by atoms with Crippen molar-refractivity contribution in [2.45, 2.75) is 6.92 Å². The largest absolute Gasteiger partial charge is 0.478 e. The maximum Gasteiger partial charge on any atom is 0.328 e. The molecular formula is C15H13NO2. The lowest BCUT2D eigenvalue weighted by Crippen LogP contribution is -1.86. The molecule has 0 atom stereocenters. The van der Waals surface area contributed by atoms with E-state index in [1.165, 1.54) is 0 Å². The molecule has 0 radical (unpaired) electrons. The number of hydrogen-bond acceptors (Lipinski definition) is 2. The molecule has 1 aromatic heterocycles. The third kappa shape index (κ3) is 3.04. The van der Waals surface area contributed by atoms with E-state index in [-0.39, 0.29) is 0 Å². The van der Waals surface area contributed by atoms with Crippen LogP contribution >= 0.6 is 0 Å². The van der Waals surface area contributed by atoms with Gasteiger partial charge in [-0.05, 0) is 30.2 Å². The summed E-state index contributed by atoms with van der Waals surface area (Å²) in [5, 5.41) is 8.54. The number of aromatic nitrogens is 1. The summed E-state index contributed by atoms with van der Waals surface area (Å²) in [5.74, 6) is -0.945. The van der Waals surface area contributed by atoms with E-state index in [0.29, 0.717) is 0 Å². The molecule has 0 spiro atoms. The second kappa shape index (κ2) is 5.27. The number of aliphatic carboxylic acids is 1. The first-order valence-corrected chi connectivity index (χ1v) is 5.59. The number of aryl methyl sites for hydroxylation is 1. The number of nitrogens with zero attached hydrogens (tertiary/aromatic N) is 1. The Morgan fingerprint density at radius 3 is 2.44 bits per heavy atom. The van der Waals surface area contributed by atoms with Crippen LogP contribution in [0.4, 0.5) is 0 Å². The summed E-state index contributed by atoms with van der Waals surface area (Å²) in [6, 6.07) is 11.6. The molecule has 18 heavy (non-hydrogen) atoms. The molecule has 0 fully saturated rings. The molecule has 3 nitrogen and oxygen atoms in total. The van der Waals surface area contributed by atoms with Gasteiger partial charge in [0.15, 0.2) is 0 Å². The van der Waals surface area contributed by atoms with E-state index in [1.54, 1.807) is 6.08 Å². The van der Waals surface area contributed by atoms with Gasteiger partial charge in [-0.15, -0.1) is 0 Å². The number of hydrogen-bond donors (Lipinski definition) is 1. The Kier molecular flexibility index (Phi) is 3.53. The van der Waals surface area contributed by atoms with Gasteiger partial charge in [0, 0.05) is 17.8 Å². The Balaban J connectivity index is 2.22. The Hall–Kier alpha value is -2.42. The van der Waals surface area contributed by atoms with Gasteiger partial charge in [0.1, 0.15) is 0 Å². The van der Waals surface area contributed by atoms with Crippen LogP contribution in [0.3, 0.4) is 0 Å². The van der Waals surface area contributed by atoms with Gasteiger partial charge in [-0.1, -0.05) is 30.3 Å². The minimum Gasteiger partial charge on any atom is -0.478 e. The van der Waals surface area contributed by atoms with Crippen molar-refractivity contribution in [2.24, 2.45) is 0 Å². The molecule has 2 aromatic rings. The van der Waals surface area contributed by atoms with Crippen molar-refractivity contribution >= 4 is 12.0 Å². The number of carboxylic acids is 1. The van der Waals surface area contributed by atoms with Gasteiger partial charge < -0.3 is 5.11 Å². The molecule has 0 saturated carbocycles. The molecule has 0 unspecified atom stereocenters. The Morgan fingerprint density at radius 1 is 1.17 bits per heavy atom. The highest BCUT2D eigenvalue weighted by atomic mass is 16.4. The highest BCUT2D eigenvalue weighted by Crippen LogP contribution is 2.18. The number of benzene rings is 1. The normalized spacial score (nSPS) is 10.7. The van der Waals surface area contributed by atoms with Gasteiger partial charge in [-0.2, -0.15) is 0 Å². The molecule has 1 heterocycles. The van der Waals surface area contributed by atoms with Crippen LogP contribution in [0.2, 0.25) is 0 Å². The fourth-order valence-electron chi connectivity index (χ4n) is 1.57. The first-order valence-electron chi connectivity index (χ1n) is 5.59. The molecule has 1 aromatic carbocycles. The quantitative estimate of drug-likeness (QED) is 0.837. The van der Waals surface area contributed by atoms with E-state index in [9.17, 15) is 4.79 Å². The summed E-state index contributed by atoms with van der Waals surface area (Å²) in [6.45, 7) is 2.00. The van der Waals surface area contributed by atoms with E-state index < -0.39 is 5.97 Å². The average Bonchev–Trinajstić information content (AvgIpc) is 2.38. The maximum atomic E-state index is 10.4. The fourth-order valence-corrected chi connectivity index (χ4v) is 1.57. The zero-order valence-corrected chi connectivity index (χ0v) is 10.00. The first-order chi connectivity index (χ1) is 8.65. The predicted octanol–water partition coefficient (Wildman–Crippen LogP) is 3.15. The van der Waals surface area contributed by atoms with Crippen LogP contribution in [0, 0.1) is 6.92 Å². The lowest BCUT2D eigenvalue weighted by Gasteiger charge is -2.01. The monoisotopic (exact) mass is 239 g/mol. The van der Waals surface area contributed by atoms with Crippen LogP contribution in [-0.2, 0) is 4.79 Å². The lowest BCUT2D eigenvalue weighted by molar-refractivity contribution is -0.131. The fraction of sp³-hybridized carbons (Fsp3) is 0.0667. The summed E-state index contributed by atoms with van der Waals surface area (Å²) in [6.07, 6.45) is 4.52. The summed E-state index contributed by atoms with van der Waals surface area (Å²) in [7, 11) is 0. The van der Waals surface area contributed by atoms with Crippen LogP contribution in [0.25, 0.3) is 17.3 Å². The summed E-state index contributed by atoms with van der Waals surface area (Å²) in [4.78, 5) is 14.7. The molecule has 0 saturated heterocycles. The predicted molar refractivity (Wildman–Crippen MR) is 71.1 cm³/mol. The highest BCUT2D eigenvalue weighted by molar-refractivity contribution is 5.85. The Labute approximate surface area is 105 Å². The van der Waals surface area contributed by atoms with Crippen molar-refractivity contribution in [2.75, 3.05) is 0 Å². The molecule has 0 amide bonds. The molecular weight excluding hydrogens is 226 g/mol. The van der Waals surface area contributed by atoms with Crippen molar-refractivity contribution in [1.82, 2.24) is 4.98 Å². The third-order valence-electron chi connectivity index (χ3n) is 2.54. The third-order valence-corrected chi connectivity index (χ3v) is 2.54. The molecule has 0 aliphatic heterocycles. The minimum atomic E-state index is -0.945.